The molecular formula is C17H14INO5. The van der Waals surface area contributed by atoms with Crippen LogP contribution in [0, 0.1) is 3.57 Å². The van der Waals surface area contributed by atoms with E-state index in [1.165, 1.54) is 32.4 Å². The third-order valence-electron chi connectivity index (χ3n) is 3.12. The van der Waals surface area contributed by atoms with Crippen LogP contribution in [0.1, 0.15) is 31.1 Å². The third-order valence-corrected chi connectivity index (χ3v) is 3.79. The van der Waals surface area contributed by atoms with Gasteiger partial charge in [0.15, 0.2) is 0 Å². The van der Waals surface area contributed by atoms with Crippen molar-refractivity contribution in [3.05, 3.63) is 62.7 Å². The van der Waals surface area contributed by atoms with E-state index in [9.17, 15) is 14.4 Å². The monoisotopic (exact) mass is 439 g/mol. The molecule has 6 nitrogen and oxygen atoms in total. The summed E-state index contributed by atoms with van der Waals surface area (Å²) in [6.45, 7) is 0. The van der Waals surface area contributed by atoms with Gasteiger partial charge < -0.3 is 14.8 Å². The van der Waals surface area contributed by atoms with Gasteiger partial charge in [0.25, 0.3) is 5.91 Å². The van der Waals surface area contributed by atoms with Crippen LogP contribution < -0.4 is 5.32 Å². The molecule has 0 saturated heterocycles. The first-order valence-corrected chi connectivity index (χ1v) is 7.91. The predicted octanol–water partition coefficient (Wildman–Crippen LogP) is 3.12. The number of carbonyl (C=O) groups excluding carboxylic acids is 3. The fourth-order valence-corrected chi connectivity index (χ4v) is 2.55. The van der Waals surface area contributed by atoms with Crippen LogP contribution in [-0.4, -0.2) is 32.1 Å². The number of carbonyl (C=O) groups is 3. The standard InChI is InChI=1S/C17H14INO5/c1-23-16(21)11-6-12(17(22)24-2)9-14(8-11)19-15(20)10-4-3-5-13(18)7-10/h3-9H,1-2H3,(H,19,20). The average Bonchev–Trinajstić information content (AvgIpc) is 2.59. The number of benzene rings is 2. The van der Waals surface area contributed by atoms with Crippen LogP contribution in [0.15, 0.2) is 42.5 Å². The first-order valence-electron chi connectivity index (χ1n) is 6.83. The topological polar surface area (TPSA) is 81.7 Å². The number of methoxy groups -OCH3 is 2. The number of anilines is 1. The van der Waals surface area contributed by atoms with E-state index in [-0.39, 0.29) is 17.0 Å². The summed E-state index contributed by atoms with van der Waals surface area (Å²) in [6, 6.07) is 11.2. The lowest BCUT2D eigenvalue weighted by Gasteiger charge is -2.10. The van der Waals surface area contributed by atoms with Gasteiger partial charge in [-0.3, -0.25) is 4.79 Å². The highest BCUT2D eigenvalue weighted by Gasteiger charge is 2.15. The van der Waals surface area contributed by atoms with Gasteiger partial charge in [0.2, 0.25) is 0 Å². The molecule has 1 N–H and O–H groups in total. The third kappa shape index (κ3) is 4.31. The molecule has 0 fully saturated rings. The molecule has 24 heavy (non-hydrogen) atoms. The molecular weight excluding hydrogens is 425 g/mol. The molecule has 0 atom stereocenters. The number of hydrogen-bond acceptors (Lipinski definition) is 5. The summed E-state index contributed by atoms with van der Waals surface area (Å²) in [5.41, 5.74) is 1.03. The number of hydrogen-bond donors (Lipinski definition) is 1. The van der Waals surface area contributed by atoms with Gasteiger partial charge in [-0.2, -0.15) is 0 Å². The van der Waals surface area contributed by atoms with E-state index in [0.717, 1.165) is 3.57 Å². The maximum Gasteiger partial charge on any atom is 0.337 e. The maximum atomic E-state index is 12.3. The minimum Gasteiger partial charge on any atom is -0.465 e. The second-order valence-electron chi connectivity index (χ2n) is 4.75. The Bertz CT molecular complexity index is 769. The Hall–Kier alpha value is -2.42. The van der Waals surface area contributed by atoms with Crippen LogP contribution in [0.5, 0.6) is 0 Å². The fourth-order valence-electron chi connectivity index (χ4n) is 2.00. The highest BCUT2D eigenvalue weighted by molar-refractivity contribution is 14.1. The van der Waals surface area contributed by atoms with Crippen molar-refractivity contribution in [3.8, 4) is 0 Å². The van der Waals surface area contributed by atoms with Crippen molar-refractivity contribution in [1.29, 1.82) is 0 Å². The molecule has 0 saturated carbocycles. The van der Waals surface area contributed by atoms with Crippen molar-refractivity contribution < 1.29 is 23.9 Å². The molecule has 0 spiro atoms. The van der Waals surface area contributed by atoms with Crippen molar-refractivity contribution >= 4 is 46.1 Å². The van der Waals surface area contributed by atoms with Gasteiger partial charge in [-0.25, -0.2) is 9.59 Å². The summed E-state index contributed by atoms with van der Waals surface area (Å²) in [5.74, 6) is -1.60. The molecule has 0 unspecified atom stereocenters. The van der Waals surface area contributed by atoms with Gasteiger partial charge in [0.05, 0.1) is 25.3 Å². The summed E-state index contributed by atoms with van der Waals surface area (Å²) in [6.07, 6.45) is 0. The number of rotatable bonds is 4. The molecule has 1 amide bonds. The Morgan fingerprint density at radius 2 is 1.46 bits per heavy atom. The largest absolute Gasteiger partial charge is 0.465 e. The van der Waals surface area contributed by atoms with Gasteiger partial charge in [-0.05, 0) is 59.0 Å². The molecule has 0 bridgehead atoms. The fraction of sp³-hybridized carbons (Fsp3) is 0.118. The summed E-state index contributed by atoms with van der Waals surface area (Å²) in [4.78, 5) is 35.8. The molecule has 0 aromatic heterocycles. The Morgan fingerprint density at radius 3 is 1.96 bits per heavy atom. The first-order chi connectivity index (χ1) is 11.4. The molecule has 124 valence electrons. The lowest BCUT2D eigenvalue weighted by molar-refractivity contribution is 0.0599. The summed E-state index contributed by atoms with van der Waals surface area (Å²) >= 11 is 2.11. The van der Waals surface area contributed by atoms with E-state index in [1.54, 1.807) is 18.2 Å². The van der Waals surface area contributed by atoms with E-state index >= 15 is 0 Å². The molecule has 7 heteroatoms. The molecule has 0 aliphatic carbocycles. The molecule has 0 aliphatic rings. The zero-order chi connectivity index (χ0) is 17.7. The van der Waals surface area contributed by atoms with Crippen LogP contribution in [0.25, 0.3) is 0 Å². The van der Waals surface area contributed by atoms with Crippen molar-refractivity contribution in [3.63, 3.8) is 0 Å². The number of ether oxygens (including phenoxy) is 2. The van der Waals surface area contributed by atoms with E-state index in [2.05, 4.69) is 37.4 Å². The Morgan fingerprint density at radius 1 is 0.875 bits per heavy atom. The number of halogens is 1. The minimum atomic E-state index is -0.620. The van der Waals surface area contributed by atoms with E-state index in [0.29, 0.717) is 11.3 Å². The molecule has 0 aliphatic heterocycles. The van der Waals surface area contributed by atoms with Gasteiger partial charge in [0, 0.05) is 14.8 Å². The second kappa shape index (κ2) is 7.91. The van der Waals surface area contributed by atoms with Gasteiger partial charge >= 0.3 is 11.9 Å². The van der Waals surface area contributed by atoms with Gasteiger partial charge in [-0.1, -0.05) is 6.07 Å². The van der Waals surface area contributed by atoms with Gasteiger partial charge in [-0.15, -0.1) is 0 Å². The zero-order valence-corrected chi connectivity index (χ0v) is 15.1. The number of amides is 1. The molecule has 2 aromatic carbocycles. The average molecular weight is 439 g/mol. The summed E-state index contributed by atoms with van der Waals surface area (Å²) < 4.78 is 10.2. The highest BCUT2D eigenvalue weighted by atomic mass is 127. The Labute approximate surface area is 152 Å². The summed E-state index contributed by atoms with van der Waals surface area (Å²) in [5, 5.41) is 2.67. The quantitative estimate of drug-likeness (QED) is 0.585. The minimum absolute atomic E-state index is 0.137. The molecule has 0 radical (unpaired) electrons. The van der Waals surface area contributed by atoms with Crippen LogP contribution in [0.3, 0.4) is 0 Å². The predicted molar refractivity (Wildman–Crippen MR) is 96.2 cm³/mol. The Kier molecular flexibility index (Phi) is 5.91. The Balaban J connectivity index is 2.36. The number of nitrogens with one attached hydrogen (secondary N) is 1. The van der Waals surface area contributed by atoms with Crippen molar-refractivity contribution in [2.45, 2.75) is 0 Å². The second-order valence-corrected chi connectivity index (χ2v) is 5.99. The van der Waals surface area contributed by atoms with Crippen LogP contribution >= 0.6 is 22.6 Å². The van der Waals surface area contributed by atoms with Crippen molar-refractivity contribution in [1.82, 2.24) is 0 Å². The lowest BCUT2D eigenvalue weighted by Crippen LogP contribution is -2.14. The first kappa shape index (κ1) is 17.9. The van der Waals surface area contributed by atoms with Crippen LogP contribution in [-0.2, 0) is 9.47 Å². The zero-order valence-electron chi connectivity index (χ0n) is 13.0. The summed E-state index contributed by atoms with van der Waals surface area (Å²) in [7, 11) is 2.47. The normalized spacial score (nSPS) is 9.96. The van der Waals surface area contributed by atoms with E-state index < -0.39 is 11.9 Å². The van der Waals surface area contributed by atoms with E-state index in [4.69, 9.17) is 0 Å². The number of esters is 2. The van der Waals surface area contributed by atoms with Crippen molar-refractivity contribution in [2.24, 2.45) is 0 Å². The molecule has 0 heterocycles. The smallest absolute Gasteiger partial charge is 0.337 e. The highest BCUT2D eigenvalue weighted by Crippen LogP contribution is 2.18. The maximum absolute atomic E-state index is 12.3. The SMILES string of the molecule is COC(=O)c1cc(NC(=O)c2cccc(I)c2)cc(C(=O)OC)c1. The van der Waals surface area contributed by atoms with Crippen LogP contribution in [0.4, 0.5) is 5.69 Å². The van der Waals surface area contributed by atoms with Crippen LogP contribution in [0.2, 0.25) is 0 Å². The molecule has 2 aromatic rings. The van der Waals surface area contributed by atoms with Crippen molar-refractivity contribution in [2.75, 3.05) is 19.5 Å². The molecule has 2 rings (SSSR count). The lowest BCUT2D eigenvalue weighted by atomic mass is 10.1. The van der Waals surface area contributed by atoms with E-state index in [1.807, 2.05) is 6.07 Å². The van der Waals surface area contributed by atoms with Gasteiger partial charge in [0.1, 0.15) is 0 Å².